The summed E-state index contributed by atoms with van der Waals surface area (Å²) in [6.07, 6.45) is 5.03. The second-order valence-electron chi connectivity index (χ2n) is 6.98. The molecule has 0 unspecified atom stereocenters. The van der Waals surface area contributed by atoms with Crippen LogP contribution in [0.4, 0.5) is 0 Å². The van der Waals surface area contributed by atoms with E-state index in [0.29, 0.717) is 33.9 Å². The van der Waals surface area contributed by atoms with Gasteiger partial charge in [0.15, 0.2) is 21.3 Å². The highest BCUT2D eigenvalue weighted by atomic mass is 35.5. The topological polar surface area (TPSA) is 92.8 Å². The molecule has 0 aliphatic heterocycles. The molecular weight excluding hydrogens is 422 g/mol. The number of hydrogen-bond acceptors (Lipinski definition) is 5. The number of aromatic amines is 1. The molecule has 0 atom stereocenters. The molecule has 0 amide bonds. The third kappa shape index (κ3) is 4.13. The third-order valence-corrected chi connectivity index (χ3v) is 6.24. The Morgan fingerprint density at radius 3 is 2.70 bits per heavy atom. The molecule has 0 aliphatic carbocycles. The van der Waals surface area contributed by atoms with Crippen LogP contribution < -0.4 is 0 Å². The normalized spacial score (nSPS) is 11.7. The van der Waals surface area contributed by atoms with Crippen LogP contribution in [0.2, 0.25) is 5.02 Å². The molecule has 0 saturated carbocycles. The van der Waals surface area contributed by atoms with Crippen molar-refractivity contribution < 1.29 is 13.2 Å². The van der Waals surface area contributed by atoms with Crippen LogP contribution >= 0.6 is 11.6 Å². The SMILES string of the molecule is CS(=O)(=O)c1cccc(CCC(=O)c2c[nH]c3ncc(-c4ccccc4Cl)nc23)c1. The van der Waals surface area contributed by atoms with Crippen LogP contribution in [0, 0.1) is 0 Å². The number of fused-ring (bicyclic) bond motifs is 1. The van der Waals surface area contributed by atoms with Crippen molar-refractivity contribution in [3.8, 4) is 11.3 Å². The molecule has 4 aromatic rings. The first-order valence-electron chi connectivity index (χ1n) is 9.24. The van der Waals surface area contributed by atoms with Crippen LogP contribution in [0.3, 0.4) is 0 Å². The Balaban J connectivity index is 1.60. The van der Waals surface area contributed by atoms with Crippen LogP contribution in [0.1, 0.15) is 22.3 Å². The highest BCUT2D eigenvalue weighted by molar-refractivity contribution is 7.90. The van der Waals surface area contributed by atoms with E-state index in [1.54, 1.807) is 36.7 Å². The van der Waals surface area contributed by atoms with E-state index < -0.39 is 9.84 Å². The second-order valence-corrected chi connectivity index (χ2v) is 9.40. The number of H-pyrrole nitrogens is 1. The van der Waals surface area contributed by atoms with Crippen LogP contribution in [0.25, 0.3) is 22.4 Å². The van der Waals surface area contributed by atoms with Gasteiger partial charge >= 0.3 is 0 Å². The Labute approximate surface area is 178 Å². The monoisotopic (exact) mass is 439 g/mol. The van der Waals surface area contributed by atoms with Gasteiger partial charge in [0.2, 0.25) is 0 Å². The average Bonchev–Trinajstić information content (AvgIpc) is 3.15. The molecular formula is C22H18ClN3O3S. The fourth-order valence-corrected chi connectivity index (χ4v) is 4.15. The Bertz CT molecular complexity index is 1360. The number of ketones is 1. The van der Waals surface area contributed by atoms with E-state index in [4.69, 9.17) is 11.6 Å². The lowest BCUT2D eigenvalue weighted by atomic mass is 10.0. The van der Waals surface area contributed by atoms with Gasteiger partial charge in [-0.25, -0.2) is 18.4 Å². The number of aromatic nitrogens is 3. The molecule has 2 aromatic heterocycles. The minimum absolute atomic E-state index is 0.100. The van der Waals surface area contributed by atoms with Gasteiger partial charge in [-0.3, -0.25) is 4.79 Å². The van der Waals surface area contributed by atoms with Crippen molar-refractivity contribution in [3.05, 3.63) is 77.1 Å². The quantitative estimate of drug-likeness (QED) is 0.446. The molecule has 0 spiro atoms. The molecule has 0 bridgehead atoms. The largest absolute Gasteiger partial charge is 0.344 e. The molecule has 152 valence electrons. The summed E-state index contributed by atoms with van der Waals surface area (Å²) < 4.78 is 23.5. The van der Waals surface area contributed by atoms with Crippen molar-refractivity contribution in [1.29, 1.82) is 0 Å². The first kappa shape index (κ1) is 20.3. The number of hydrogen-bond donors (Lipinski definition) is 1. The molecule has 2 heterocycles. The van der Waals surface area contributed by atoms with Crippen LogP contribution in [0.5, 0.6) is 0 Å². The number of rotatable bonds is 6. The van der Waals surface area contributed by atoms with Crippen molar-refractivity contribution in [3.63, 3.8) is 0 Å². The van der Waals surface area contributed by atoms with Gasteiger partial charge in [-0.1, -0.05) is 41.9 Å². The van der Waals surface area contributed by atoms with Crippen molar-refractivity contribution in [2.45, 2.75) is 17.7 Å². The standard InChI is InChI=1S/C22H18ClN3O3S/c1-30(28,29)15-6-4-5-14(11-15)9-10-20(27)17-12-24-22-21(17)26-19(13-25-22)16-7-2-3-8-18(16)23/h2-8,11-13H,9-10H2,1H3,(H,24,25). The number of Topliss-reactive ketones (excluding diaryl/α,β-unsaturated/α-hetero) is 1. The number of benzene rings is 2. The molecule has 0 radical (unpaired) electrons. The summed E-state index contributed by atoms with van der Waals surface area (Å²) in [4.78, 5) is 25.1. The summed E-state index contributed by atoms with van der Waals surface area (Å²) >= 11 is 6.26. The number of aryl methyl sites for hydroxylation is 1. The maximum Gasteiger partial charge on any atom is 0.175 e. The second kappa shape index (κ2) is 8.01. The zero-order valence-corrected chi connectivity index (χ0v) is 17.7. The minimum atomic E-state index is -3.29. The van der Waals surface area contributed by atoms with Crippen molar-refractivity contribution in [2.75, 3.05) is 6.26 Å². The zero-order valence-electron chi connectivity index (χ0n) is 16.1. The molecule has 8 heteroatoms. The van der Waals surface area contributed by atoms with Crippen LogP contribution in [-0.2, 0) is 16.3 Å². The van der Waals surface area contributed by atoms with Crippen LogP contribution in [-0.4, -0.2) is 35.4 Å². The van der Waals surface area contributed by atoms with E-state index in [2.05, 4.69) is 15.0 Å². The van der Waals surface area contributed by atoms with E-state index in [9.17, 15) is 13.2 Å². The molecule has 0 aliphatic rings. The summed E-state index contributed by atoms with van der Waals surface area (Å²) in [5.41, 5.74) is 3.57. The Morgan fingerprint density at radius 1 is 1.13 bits per heavy atom. The van der Waals surface area contributed by atoms with Gasteiger partial charge in [0.25, 0.3) is 0 Å². The van der Waals surface area contributed by atoms with E-state index in [0.717, 1.165) is 11.1 Å². The summed E-state index contributed by atoms with van der Waals surface area (Å²) in [6, 6.07) is 14.0. The van der Waals surface area contributed by atoms with Crippen molar-refractivity contribution in [1.82, 2.24) is 15.0 Å². The van der Waals surface area contributed by atoms with Crippen molar-refractivity contribution in [2.24, 2.45) is 0 Å². The molecule has 1 N–H and O–H groups in total. The molecule has 30 heavy (non-hydrogen) atoms. The molecule has 6 nitrogen and oxygen atoms in total. The average molecular weight is 440 g/mol. The lowest BCUT2D eigenvalue weighted by molar-refractivity contribution is 0.0984. The fourth-order valence-electron chi connectivity index (χ4n) is 3.23. The maximum absolute atomic E-state index is 12.9. The number of nitrogens with one attached hydrogen (secondary N) is 1. The first-order valence-corrected chi connectivity index (χ1v) is 11.5. The maximum atomic E-state index is 12.9. The molecule has 0 saturated heterocycles. The molecule has 0 fully saturated rings. The van der Waals surface area contributed by atoms with E-state index >= 15 is 0 Å². The third-order valence-electron chi connectivity index (χ3n) is 4.80. The van der Waals surface area contributed by atoms with Gasteiger partial charge in [-0.05, 0) is 30.2 Å². The smallest absolute Gasteiger partial charge is 0.175 e. The summed E-state index contributed by atoms with van der Waals surface area (Å²) in [5, 5.41) is 0.556. The number of halogens is 1. The Morgan fingerprint density at radius 2 is 1.93 bits per heavy atom. The van der Waals surface area contributed by atoms with E-state index in [-0.39, 0.29) is 17.1 Å². The predicted octanol–water partition coefficient (Wildman–Crippen LogP) is 4.50. The summed E-state index contributed by atoms with van der Waals surface area (Å²) in [7, 11) is -3.29. The van der Waals surface area contributed by atoms with Gasteiger partial charge in [0.1, 0.15) is 5.52 Å². The van der Waals surface area contributed by atoms with Gasteiger partial charge in [-0.2, -0.15) is 0 Å². The van der Waals surface area contributed by atoms with Gasteiger partial charge in [0.05, 0.1) is 27.4 Å². The highest BCUT2D eigenvalue weighted by Gasteiger charge is 2.16. The summed E-state index contributed by atoms with van der Waals surface area (Å²) in [6.45, 7) is 0. The van der Waals surface area contributed by atoms with E-state index in [1.807, 2.05) is 24.3 Å². The van der Waals surface area contributed by atoms with Gasteiger partial charge in [0, 0.05) is 24.4 Å². The number of carbonyl (C=O) groups excluding carboxylic acids is 1. The number of nitrogens with zero attached hydrogens (tertiary/aromatic N) is 2. The van der Waals surface area contributed by atoms with Crippen LogP contribution in [0.15, 0.2) is 65.8 Å². The number of carbonyl (C=O) groups is 1. The lowest BCUT2D eigenvalue weighted by Crippen LogP contribution is -2.03. The van der Waals surface area contributed by atoms with E-state index in [1.165, 1.54) is 6.26 Å². The van der Waals surface area contributed by atoms with Crippen molar-refractivity contribution >= 4 is 38.4 Å². The number of sulfone groups is 1. The molecule has 4 rings (SSSR count). The predicted molar refractivity (Wildman–Crippen MR) is 117 cm³/mol. The van der Waals surface area contributed by atoms with Gasteiger partial charge < -0.3 is 4.98 Å². The lowest BCUT2D eigenvalue weighted by Gasteiger charge is -2.05. The molecule has 2 aromatic carbocycles. The minimum Gasteiger partial charge on any atom is -0.344 e. The Hall–Kier alpha value is -3.03. The zero-order chi connectivity index (χ0) is 21.3. The fraction of sp³-hybridized carbons (Fsp3) is 0.136. The highest BCUT2D eigenvalue weighted by Crippen LogP contribution is 2.27. The van der Waals surface area contributed by atoms with Gasteiger partial charge in [-0.15, -0.1) is 0 Å². The first-order chi connectivity index (χ1) is 14.3. The summed E-state index contributed by atoms with van der Waals surface area (Å²) in [5.74, 6) is -0.100. The Kier molecular flexibility index (Phi) is 5.40.